The van der Waals surface area contributed by atoms with Crippen molar-refractivity contribution in [2.75, 3.05) is 13.7 Å². The van der Waals surface area contributed by atoms with Gasteiger partial charge in [-0.2, -0.15) is 0 Å². The van der Waals surface area contributed by atoms with Gasteiger partial charge in [-0.25, -0.2) is 0 Å². The molecule has 0 saturated heterocycles. The molecule has 4 heteroatoms. The second-order valence-corrected chi connectivity index (χ2v) is 4.73. The van der Waals surface area contributed by atoms with Gasteiger partial charge in [0.1, 0.15) is 18.1 Å². The van der Waals surface area contributed by atoms with Crippen molar-refractivity contribution in [2.24, 2.45) is 0 Å². The van der Waals surface area contributed by atoms with Crippen molar-refractivity contribution in [1.29, 1.82) is 0 Å². The maximum atomic E-state index is 11.6. The molecule has 0 saturated carbocycles. The molecule has 0 N–H and O–H groups in total. The van der Waals surface area contributed by atoms with E-state index in [0.717, 1.165) is 16.9 Å². The summed E-state index contributed by atoms with van der Waals surface area (Å²) in [7, 11) is 1.64. The largest absolute Gasteiger partial charge is 0.497 e. The molecule has 0 bridgehead atoms. The van der Waals surface area contributed by atoms with E-state index < -0.39 is 0 Å². The minimum atomic E-state index is -0.247. The Morgan fingerprint density at radius 2 is 1.77 bits per heavy atom. The van der Waals surface area contributed by atoms with Gasteiger partial charge in [0.05, 0.1) is 20.1 Å². The van der Waals surface area contributed by atoms with Gasteiger partial charge in [0.25, 0.3) is 0 Å². The van der Waals surface area contributed by atoms with Crippen LogP contribution in [0.4, 0.5) is 0 Å². The van der Waals surface area contributed by atoms with Gasteiger partial charge >= 0.3 is 5.97 Å². The lowest BCUT2D eigenvalue weighted by Gasteiger charge is -2.11. The molecule has 0 aromatic heterocycles. The molecule has 4 nitrogen and oxygen atoms in total. The summed E-state index contributed by atoms with van der Waals surface area (Å²) < 4.78 is 15.9. The number of methoxy groups -OCH3 is 1. The van der Waals surface area contributed by atoms with E-state index in [1.807, 2.05) is 48.5 Å². The normalized spacial score (nSPS) is 10.1. The third kappa shape index (κ3) is 4.52. The molecule has 116 valence electrons. The summed E-state index contributed by atoms with van der Waals surface area (Å²) >= 11 is 0. The van der Waals surface area contributed by atoms with E-state index in [-0.39, 0.29) is 12.4 Å². The Morgan fingerprint density at radius 1 is 1.05 bits per heavy atom. The van der Waals surface area contributed by atoms with Crippen LogP contribution in [0, 0.1) is 0 Å². The summed E-state index contributed by atoms with van der Waals surface area (Å²) in [5.74, 6) is 1.26. The van der Waals surface area contributed by atoms with Crippen LogP contribution in [-0.2, 0) is 22.6 Å². The van der Waals surface area contributed by atoms with Gasteiger partial charge in [-0.1, -0.05) is 30.3 Å². The molecule has 0 unspecified atom stereocenters. The fraction of sp³-hybridized carbons (Fsp3) is 0.278. The fourth-order valence-corrected chi connectivity index (χ4v) is 2.04. The van der Waals surface area contributed by atoms with Crippen LogP contribution in [0.15, 0.2) is 48.5 Å². The summed E-state index contributed by atoms with van der Waals surface area (Å²) in [4.78, 5) is 11.6. The second-order valence-electron chi connectivity index (χ2n) is 4.73. The van der Waals surface area contributed by atoms with Crippen LogP contribution in [0.5, 0.6) is 11.5 Å². The van der Waals surface area contributed by atoms with Gasteiger partial charge in [-0.15, -0.1) is 0 Å². The van der Waals surface area contributed by atoms with Gasteiger partial charge in [0, 0.05) is 5.56 Å². The zero-order valence-corrected chi connectivity index (χ0v) is 12.9. The lowest BCUT2D eigenvalue weighted by atomic mass is 10.1. The first-order valence-electron chi connectivity index (χ1n) is 7.22. The monoisotopic (exact) mass is 300 g/mol. The number of carbonyl (C=O) groups excluding carboxylic acids is 1. The van der Waals surface area contributed by atoms with E-state index in [4.69, 9.17) is 14.2 Å². The number of benzene rings is 2. The average molecular weight is 300 g/mol. The Balaban J connectivity index is 2.01. The molecule has 0 radical (unpaired) electrons. The Morgan fingerprint density at radius 3 is 2.45 bits per heavy atom. The SMILES string of the molecule is CCOC(=O)Cc1ccccc1OCc1ccc(OC)cc1. The Bertz CT molecular complexity index is 605. The molecule has 0 aliphatic carbocycles. The predicted molar refractivity (Wildman–Crippen MR) is 84.1 cm³/mol. The van der Waals surface area contributed by atoms with E-state index in [9.17, 15) is 4.79 Å². The van der Waals surface area contributed by atoms with Crippen molar-refractivity contribution in [3.05, 3.63) is 59.7 Å². The molecule has 0 amide bonds. The Hall–Kier alpha value is -2.49. The van der Waals surface area contributed by atoms with Crippen LogP contribution in [0.25, 0.3) is 0 Å². The molecule has 0 aliphatic rings. The molecule has 0 spiro atoms. The zero-order chi connectivity index (χ0) is 15.8. The van der Waals surface area contributed by atoms with Gasteiger partial charge in [0.2, 0.25) is 0 Å². The van der Waals surface area contributed by atoms with Gasteiger partial charge in [-0.3, -0.25) is 4.79 Å². The molecule has 2 rings (SSSR count). The molecular weight excluding hydrogens is 280 g/mol. The predicted octanol–water partition coefficient (Wildman–Crippen LogP) is 3.38. The van der Waals surface area contributed by atoms with Crippen LogP contribution >= 0.6 is 0 Å². The van der Waals surface area contributed by atoms with Gasteiger partial charge in [-0.05, 0) is 30.7 Å². The van der Waals surface area contributed by atoms with Crippen LogP contribution in [-0.4, -0.2) is 19.7 Å². The molecule has 0 fully saturated rings. The molecule has 22 heavy (non-hydrogen) atoms. The number of rotatable bonds is 7. The van der Waals surface area contributed by atoms with E-state index >= 15 is 0 Å². The maximum Gasteiger partial charge on any atom is 0.310 e. The number of esters is 1. The number of carbonyl (C=O) groups is 1. The van der Waals surface area contributed by atoms with Gasteiger partial charge < -0.3 is 14.2 Å². The number of hydrogen-bond donors (Lipinski definition) is 0. The van der Waals surface area contributed by atoms with Crippen molar-refractivity contribution in [2.45, 2.75) is 20.0 Å². The van der Waals surface area contributed by atoms with Crippen LogP contribution in [0.2, 0.25) is 0 Å². The van der Waals surface area contributed by atoms with Crippen molar-refractivity contribution < 1.29 is 19.0 Å². The topological polar surface area (TPSA) is 44.8 Å². The quantitative estimate of drug-likeness (QED) is 0.735. The zero-order valence-electron chi connectivity index (χ0n) is 12.9. The highest BCUT2D eigenvalue weighted by atomic mass is 16.5. The van der Waals surface area contributed by atoms with E-state index in [2.05, 4.69) is 0 Å². The minimum Gasteiger partial charge on any atom is -0.497 e. The van der Waals surface area contributed by atoms with Crippen molar-refractivity contribution in [1.82, 2.24) is 0 Å². The third-order valence-electron chi connectivity index (χ3n) is 3.17. The Kier molecular flexibility index (Phi) is 5.83. The summed E-state index contributed by atoms with van der Waals surface area (Å²) in [6, 6.07) is 15.2. The van der Waals surface area contributed by atoms with E-state index in [1.54, 1.807) is 14.0 Å². The fourth-order valence-electron chi connectivity index (χ4n) is 2.04. The summed E-state index contributed by atoms with van der Waals surface area (Å²) in [6.07, 6.45) is 0.215. The summed E-state index contributed by atoms with van der Waals surface area (Å²) in [6.45, 7) is 2.61. The van der Waals surface area contributed by atoms with Crippen molar-refractivity contribution in [3.8, 4) is 11.5 Å². The molecule has 2 aromatic carbocycles. The van der Waals surface area contributed by atoms with Crippen LogP contribution in [0.3, 0.4) is 0 Å². The molecule has 0 atom stereocenters. The second kappa shape index (κ2) is 8.08. The van der Waals surface area contributed by atoms with Gasteiger partial charge in [0.15, 0.2) is 0 Å². The molecular formula is C18H20O4. The minimum absolute atomic E-state index is 0.215. The first-order chi connectivity index (χ1) is 10.7. The lowest BCUT2D eigenvalue weighted by molar-refractivity contribution is -0.142. The molecule has 0 aliphatic heterocycles. The summed E-state index contributed by atoms with van der Waals surface area (Å²) in [5, 5.41) is 0. The van der Waals surface area contributed by atoms with Crippen LogP contribution < -0.4 is 9.47 Å². The Labute approximate surface area is 130 Å². The highest BCUT2D eigenvalue weighted by molar-refractivity contribution is 5.73. The number of hydrogen-bond acceptors (Lipinski definition) is 4. The molecule has 0 heterocycles. The lowest BCUT2D eigenvalue weighted by Crippen LogP contribution is -2.09. The summed E-state index contributed by atoms with van der Waals surface area (Å²) in [5.41, 5.74) is 1.86. The number of para-hydroxylation sites is 1. The smallest absolute Gasteiger partial charge is 0.310 e. The highest BCUT2D eigenvalue weighted by Crippen LogP contribution is 2.21. The number of ether oxygens (including phenoxy) is 3. The standard InChI is InChI=1S/C18H20O4/c1-3-21-18(19)12-15-6-4-5-7-17(15)22-13-14-8-10-16(20-2)11-9-14/h4-11H,3,12-13H2,1-2H3. The van der Waals surface area contributed by atoms with Crippen molar-refractivity contribution >= 4 is 5.97 Å². The third-order valence-corrected chi connectivity index (χ3v) is 3.17. The van der Waals surface area contributed by atoms with Crippen LogP contribution in [0.1, 0.15) is 18.1 Å². The highest BCUT2D eigenvalue weighted by Gasteiger charge is 2.09. The first-order valence-corrected chi connectivity index (χ1v) is 7.22. The molecule has 2 aromatic rings. The maximum absolute atomic E-state index is 11.6. The van der Waals surface area contributed by atoms with E-state index in [1.165, 1.54) is 0 Å². The van der Waals surface area contributed by atoms with Crippen molar-refractivity contribution in [3.63, 3.8) is 0 Å². The first kappa shape index (κ1) is 15.9. The average Bonchev–Trinajstić information content (AvgIpc) is 2.55. The van der Waals surface area contributed by atoms with E-state index in [0.29, 0.717) is 19.0 Å².